The maximum Gasteiger partial charge on any atom is 0.231 e. The molecule has 8 heteroatoms. The standard InChI is InChI=1S/C20H23N3O5/c1-13-10-18(22-28-13)21-20(25)15-6-8-23(9-7-15)19(24)5-3-14-2-4-16-17(11-14)27-12-26-16/h2,4,10-11,15H,3,5-9,12H2,1H3,(H,21,22,25). The summed E-state index contributed by atoms with van der Waals surface area (Å²) in [5.41, 5.74) is 1.05. The van der Waals surface area contributed by atoms with Crippen molar-refractivity contribution in [1.29, 1.82) is 0 Å². The summed E-state index contributed by atoms with van der Waals surface area (Å²) < 4.78 is 15.6. The summed E-state index contributed by atoms with van der Waals surface area (Å²) in [6.07, 6.45) is 2.40. The van der Waals surface area contributed by atoms with Crippen LogP contribution in [0.3, 0.4) is 0 Å². The first-order valence-electron chi connectivity index (χ1n) is 9.49. The Morgan fingerprint density at radius 1 is 1.18 bits per heavy atom. The zero-order chi connectivity index (χ0) is 19.5. The molecule has 3 heterocycles. The Labute approximate surface area is 162 Å². The molecular weight excluding hydrogens is 362 g/mol. The Bertz CT molecular complexity index is 870. The molecule has 2 aromatic rings. The van der Waals surface area contributed by atoms with E-state index in [0.717, 1.165) is 17.1 Å². The van der Waals surface area contributed by atoms with Crippen molar-refractivity contribution in [2.75, 3.05) is 25.2 Å². The van der Waals surface area contributed by atoms with Gasteiger partial charge in [0.2, 0.25) is 18.6 Å². The summed E-state index contributed by atoms with van der Waals surface area (Å²) in [5.74, 6) is 2.50. The number of rotatable bonds is 5. The van der Waals surface area contributed by atoms with Crippen LogP contribution in [0.4, 0.5) is 5.82 Å². The van der Waals surface area contributed by atoms with Gasteiger partial charge in [-0.05, 0) is 43.9 Å². The fourth-order valence-corrected chi connectivity index (χ4v) is 3.55. The van der Waals surface area contributed by atoms with Crippen molar-refractivity contribution < 1.29 is 23.6 Å². The van der Waals surface area contributed by atoms with Gasteiger partial charge in [-0.25, -0.2) is 0 Å². The molecule has 1 aromatic heterocycles. The van der Waals surface area contributed by atoms with E-state index in [1.165, 1.54) is 0 Å². The van der Waals surface area contributed by atoms with Gasteiger partial charge in [-0.15, -0.1) is 0 Å². The average molecular weight is 385 g/mol. The minimum Gasteiger partial charge on any atom is -0.454 e. The van der Waals surface area contributed by atoms with Gasteiger partial charge in [-0.1, -0.05) is 11.2 Å². The van der Waals surface area contributed by atoms with Crippen molar-refractivity contribution in [2.45, 2.75) is 32.6 Å². The lowest BCUT2D eigenvalue weighted by atomic mass is 9.95. The number of anilines is 1. The number of hydrogen-bond acceptors (Lipinski definition) is 6. The molecule has 0 bridgehead atoms. The van der Waals surface area contributed by atoms with Crippen LogP contribution in [-0.4, -0.2) is 41.8 Å². The number of benzene rings is 1. The normalized spacial score (nSPS) is 16.2. The fourth-order valence-electron chi connectivity index (χ4n) is 3.55. The van der Waals surface area contributed by atoms with Crippen molar-refractivity contribution in [2.24, 2.45) is 5.92 Å². The summed E-state index contributed by atoms with van der Waals surface area (Å²) in [6, 6.07) is 7.45. The van der Waals surface area contributed by atoms with Crippen LogP contribution >= 0.6 is 0 Å². The molecule has 0 aliphatic carbocycles. The molecule has 4 rings (SSSR count). The number of aromatic nitrogens is 1. The topological polar surface area (TPSA) is 93.9 Å². The van der Waals surface area contributed by atoms with E-state index in [1.807, 2.05) is 23.1 Å². The van der Waals surface area contributed by atoms with Crippen LogP contribution in [-0.2, 0) is 16.0 Å². The smallest absolute Gasteiger partial charge is 0.231 e. The van der Waals surface area contributed by atoms with E-state index in [1.54, 1.807) is 13.0 Å². The zero-order valence-electron chi connectivity index (χ0n) is 15.8. The second-order valence-corrected chi connectivity index (χ2v) is 7.15. The molecule has 0 radical (unpaired) electrons. The van der Waals surface area contributed by atoms with Gasteiger partial charge in [0.05, 0.1) is 0 Å². The quantitative estimate of drug-likeness (QED) is 0.850. The van der Waals surface area contributed by atoms with Gasteiger partial charge < -0.3 is 24.2 Å². The van der Waals surface area contributed by atoms with Crippen molar-refractivity contribution in [3.63, 3.8) is 0 Å². The molecular formula is C20H23N3O5. The summed E-state index contributed by atoms with van der Waals surface area (Å²) >= 11 is 0. The van der Waals surface area contributed by atoms with Crippen LogP contribution in [0.25, 0.3) is 0 Å². The third-order valence-electron chi connectivity index (χ3n) is 5.16. The average Bonchev–Trinajstić information content (AvgIpc) is 3.34. The van der Waals surface area contributed by atoms with E-state index < -0.39 is 0 Å². The number of piperidine rings is 1. The van der Waals surface area contributed by atoms with Crippen LogP contribution in [0.2, 0.25) is 0 Å². The van der Waals surface area contributed by atoms with Gasteiger partial charge in [-0.2, -0.15) is 0 Å². The number of carbonyl (C=O) groups is 2. The Hall–Kier alpha value is -3.03. The molecule has 2 amide bonds. The predicted molar refractivity (Wildman–Crippen MR) is 100 cm³/mol. The largest absolute Gasteiger partial charge is 0.454 e. The highest BCUT2D eigenvalue weighted by Crippen LogP contribution is 2.32. The maximum atomic E-state index is 12.5. The number of ether oxygens (including phenoxy) is 2. The lowest BCUT2D eigenvalue weighted by Gasteiger charge is -2.31. The van der Waals surface area contributed by atoms with Gasteiger partial charge in [0.1, 0.15) is 5.76 Å². The molecule has 0 spiro atoms. The van der Waals surface area contributed by atoms with Gasteiger partial charge >= 0.3 is 0 Å². The molecule has 0 atom stereocenters. The number of likely N-dealkylation sites (tertiary alicyclic amines) is 1. The summed E-state index contributed by atoms with van der Waals surface area (Å²) in [6.45, 7) is 3.21. The van der Waals surface area contributed by atoms with Crippen LogP contribution < -0.4 is 14.8 Å². The number of nitrogens with one attached hydrogen (secondary N) is 1. The van der Waals surface area contributed by atoms with Crippen molar-refractivity contribution in [1.82, 2.24) is 10.1 Å². The van der Waals surface area contributed by atoms with Crippen molar-refractivity contribution in [3.05, 3.63) is 35.6 Å². The van der Waals surface area contributed by atoms with E-state index in [4.69, 9.17) is 14.0 Å². The minimum atomic E-state index is -0.116. The summed E-state index contributed by atoms with van der Waals surface area (Å²) in [5, 5.41) is 6.55. The molecule has 1 fully saturated rings. The molecule has 8 nitrogen and oxygen atoms in total. The molecule has 1 aromatic carbocycles. The molecule has 28 heavy (non-hydrogen) atoms. The Kier molecular flexibility index (Phi) is 5.18. The number of nitrogens with zero attached hydrogens (tertiary/aromatic N) is 2. The zero-order valence-corrected chi connectivity index (χ0v) is 15.8. The van der Waals surface area contributed by atoms with Gasteiger partial charge in [0, 0.05) is 31.5 Å². The Balaban J connectivity index is 1.23. The lowest BCUT2D eigenvalue weighted by Crippen LogP contribution is -2.41. The third kappa shape index (κ3) is 4.11. The van der Waals surface area contributed by atoms with E-state index in [0.29, 0.717) is 50.4 Å². The number of fused-ring (bicyclic) bond motifs is 1. The Morgan fingerprint density at radius 2 is 1.96 bits per heavy atom. The van der Waals surface area contributed by atoms with E-state index in [-0.39, 0.29) is 24.5 Å². The first kappa shape index (κ1) is 18.3. The third-order valence-corrected chi connectivity index (χ3v) is 5.16. The number of carbonyl (C=O) groups excluding carboxylic acids is 2. The lowest BCUT2D eigenvalue weighted by molar-refractivity contribution is -0.134. The van der Waals surface area contributed by atoms with Gasteiger partial charge in [0.25, 0.3) is 0 Å². The molecule has 0 unspecified atom stereocenters. The molecule has 2 aliphatic heterocycles. The van der Waals surface area contributed by atoms with Crippen molar-refractivity contribution >= 4 is 17.6 Å². The maximum absolute atomic E-state index is 12.5. The fraction of sp³-hybridized carbons (Fsp3) is 0.450. The minimum absolute atomic E-state index is 0.0687. The highest BCUT2D eigenvalue weighted by atomic mass is 16.7. The highest BCUT2D eigenvalue weighted by Gasteiger charge is 2.27. The van der Waals surface area contributed by atoms with Crippen LogP contribution in [0, 0.1) is 12.8 Å². The molecule has 148 valence electrons. The van der Waals surface area contributed by atoms with Crippen molar-refractivity contribution in [3.8, 4) is 11.5 Å². The number of amides is 2. The SMILES string of the molecule is Cc1cc(NC(=O)C2CCN(C(=O)CCc3ccc4c(c3)OCO4)CC2)no1. The number of aryl methyl sites for hydroxylation is 2. The first-order chi connectivity index (χ1) is 13.6. The van der Waals surface area contributed by atoms with Crippen LogP contribution in [0.1, 0.15) is 30.6 Å². The molecule has 2 aliphatic rings. The second-order valence-electron chi connectivity index (χ2n) is 7.15. The predicted octanol–water partition coefficient (Wildman–Crippen LogP) is 2.52. The molecule has 1 saturated heterocycles. The molecule has 0 saturated carbocycles. The van der Waals surface area contributed by atoms with E-state index >= 15 is 0 Å². The van der Waals surface area contributed by atoms with Gasteiger partial charge in [-0.3, -0.25) is 9.59 Å². The van der Waals surface area contributed by atoms with Crippen LogP contribution in [0.15, 0.2) is 28.8 Å². The summed E-state index contributed by atoms with van der Waals surface area (Å²) in [7, 11) is 0. The first-order valence-corrected chi connectivity index (χ1v) is 9.49. The number of hydrogen-bond donors (Lipinski definition) is 1. The molecule has 1 N–H and O–H groups in total. The Morgan fingerprint density at radius 3 is 2.71 bits per heavy atom. The monoisotopic (exact) mass is 385 g/mol. The van der Waals surface area contributed by atoms with E-state index in [9.17, 15) is 9.59 Å². The summed E-state index contributed by atoms with van der Waals surface area (Å²) in [4.78, 5) is 26.7. The van der Waals surface area contributed by atoms with Gasteiger partial charge in [0.15, 0.2) is 17.3 Å². The van der Waals surface area contributed by atoms with Crippen LogP contribution in [0.5, 0.6) is 11.5 Å². The second kappa shape index (κ2) is 7.92. The highest BCUT2D eigenvalue weighted by molar-refractivity contribution is 5.91. The van der Waals surface area contributed by atoms with E-state index in [2.05, 4.69) is 10.5 Å².